The second-order valence-electron chi connectivity index (χ2n) is 5.68. The SMILES string of the molecule is COc1ccccc1CNc1ccc(NC(=O)c2ccc(F)c(F)c2)nc1. The molecule has 0 aliphatic heterocycles. The van der Waals surface area contributed by atoms with Crippen molar-refractivity contribution in [1.82, 2.24) is 4.98 Å². The van der Waals surface area contributed by atoms with Crippen LogP contribution >= 0.6 is 0 Å². The van der Waals surface area contributed by atoms with Crippen molar-refractivity contribution in [3.8, 4) is 5.75 Å². The average Bonchev–Trinajstić information content (AvgIpc) is 2.69. The van der Waals surface area contributed by atoms with Crippen LogP contribution < -0.4 is 15.4 Å². The quantitative estimate of drug-likeness (QED) is 0.682. The van der Waals surface area contributed by atoms with Crippen LogP contribution in [0.4, 0.5) is 20.3 Å². The van der Waals surface area contributed by atoms with Crippen LogP contribution in [0.25, 0.3) is 0 Å². The molecule has 0 aliphatic rings. The van der Waals surface area contributed by atoms with Crippen molar-refractivity contribution in [2.24, 2.45) is 0 Å². The summed E-state index contributed by atoms with van der Waals surface area (Å²) in [7, 11) is 1.62. The molecule has 0 saturated carbocycles. The number of anilines is 2. The first kappa shape index (κ1) is 18.3. The van der Waals surface area contributed by atoms with E-state index < -0.39 is 17.5 Å². The van der Waals surface area contributed by atoms with Crippen molar-refractivity contribution in [1.29, 1.82) is 0 Å². The van der Waals surface area contributed by atoms with E-state index in [1.165, 1.54) is 6.07 Å². The van der Waals surface area contributed by atoms with Gasteiger partial charge in [-0.05, 0) is 36.4 Å². The van der Waals surface area contributed by atoms with Crippen LogP contribution in [0.15, 0.2) is 60.8 Å². The third-order valence-corrected chi connectivity index (χ3v) is 3.86. The fraction of sp³-hybridized carbons (Fsp3) is 0.100. The van der Waals surface area contributed by atoms with E-state index in [9.17, 15) is 13.6 Å². The Morgan fingerprint density at radius 3 is 2.59 bits per heavy atom. The van der Waals surface area contributed by atoms with E-state index >= 15 is 0 Å². The second kappa shape index (κ2) is 8.27. The van der Waals surface area contributed by atoms with Crippen LogP contribution in [0.3, 0.4) is 0 Å². The molecule has 0 saturated heterocycles. The number of hydrogen-bond donors (Lipinski definition) is 2. The standard InChI is InChI=1S/C20H17F2N3O2/c1-27-18-5-3-2-4-14(18)11-23-15-7-9-19(24-12-15)25-20(26)13-6-8-16(21)17(22)10-13/h2-10,12,23H,11H2,1H3,(H,24,25,26). The van der Waals surface area contributed by atoms with E-state index in [0.29, 0.717) is 12.4 Å². The predicted molar refractivity (Wildman–Crippen MR) is 98.9 cm³/mol. The van der Waals surface area contributed by atoms with Gasteiger partial charge in [0.2, 0.25) is 0 Å². The molecule has 7 heteroatoms. The molecule has 0 radical (unpaired) electrons. The maximum atomic E-state index is 13.2. The number of ether oxygens (including phenoxy) is 1. The van der Waals surface area contributed by atoms with Crippen molar-refractivity contribution >= 4 is 17.4 Å². The maximum Gasteiger partial charge on any atom is 0.256 e. The Labute approximate surface area is 155 Å². The molecule has 0 fully saturated rings. The number of carbonyl (C=O) groups is 1. The van der Waals surface area contributed by atoms with Gasteiger partial charge in [0.25, 0.3) is 5.91 Å². The highest BCUT2D eigenvalue weighted by Gasteiger charge is 2.10. The molecule has 0 spiro atoms. The van der Waals surface area contributed by atoms with Gasteiger partial charge < -0.3 is 15.4 Å². The summed E-state index contributed by atoms with van der Waals surface area (Å²) in [6.07, 6.45) is 1.57. The number of nitrogens with zero attached hydrogens (tertiary/aromatic N) is 1. The molecule has 0 bridgehead atoms. The zero-order valence-corrected chi connectivity index (χ0v) is 14.5. The first-order valence-corrected chi connectivity index (χ1v) is 8.15. The molecule has 0 aliphatic carbocycles. The van der Waals surface area contributed by atoms with E-state index in [4.69, 9.17) is 4.74 Å². The normalized spacial score (nSPS) is 10.3. The minimum Gasteiger partial charge on any atom is -0.496 e. The molecule has 2 aromatic carbocycles. The van der Waals surface area contributed by atoms with E-state index in [1.54, 1.807) is 25.4 Å². The Morgan fingerprint density at radius 1 is 1.07 bits per heavy atom. The maximum absolute atomic E-state index is 13.2. The van der Waals surface area contributed by atoms with Crippen LogP contribution in [0.2, 0.25) is 0 Å². The lowest BCUT2D eigenvalue weighted by Gasteiger charge is -2.11. The second-order valence-corrected chi connectivity index (χ2v) is 5.68. The number of aromatic nitrogens is 1. The summed E-state index contributed by atoms with van der Waals surface area (Å²) in [5, 5.41) is 5.75. The summed E-state index contributed by atoms with van der Waals surface area (Å²) in [4.78, 5) is 16.2. The van der Waals surface area contributed by atoms with Crippen LogP contribution in [0, 0.1) is 11.6 Å². The fourth-order valence-electron chi connectivity index (χ4n) is 2.44. The minimum absolute atomic E-state index is 0.00840. The van der Waals surface area contributed by atoms with E-state index in [0.717, 1.165) is 29.1 Å². The van der Waals surface area contributed by atoms with Crippen LogP contribution in [-0.2, 0) is 6.54 Å². The molecule has 0 atom stereocenters. The monoisotopic (exact) mass is 369 g/mol. The van der Waals surface area contributed by atoms with Crippen molar-refractivity contribution in [2.45, 2.75) is 6.54 Å². The number of benzene rings is 2. The van der Waals surface area contributed by atoms with Crippen LogP contribution in [0.5, 0.6) is 5.75 Å². The largest absolute Gasteiger partial charge is 0.496 e. The Kier molecular flexibility index (Phi) is 5.61. The molecule has 1 amide bonds. The topological polar surface area (TPSA) is 63.2 Å². The van der Waals surface area contributed by atoms with Gasteiger partial charge in [0.05, 0.1) is 19.0 Å². The molecule has 27 heavy (non-hydrogen) atoms. The van der Waals surface area contributed by atoms with Crippen molar-refractivity contribution in [3.63, 3.8) is 0 Å². The van der Waals surface area contributed by atoms with Gasteiger partial charge in [0, 0.05) is 17.7 Å². The lowest BCUT2D eigenvalue weighted by molar-refractivity contribution is 0.102. The third-order valence-electron chi connectivity index (χ3n) is 3.86. The average molecular weight is 369 g/mol. The van der Waals surface area contributed by atoms with Gasteiger partial charge >= 0.3 is 0 Å². The van der Waals surface area contributed by atoms with Crippen molar-refractivity contribution < 1.29 is 18.3 Å². The highest BCUT2D eigenvalue weighted by molar-refractivity contribution is 6.03. The highest BCUT2D eigenvalue weighted by atomic mass is 19.2. The Balaban J connectivity index is 1.61. The number of hydrogen-bond acceptors (Lipinski definition) is 4. The Morgan fingerprint density at radius 2 is 1.89 bits per heavy atom. The lowest BCUT2D eigenvalue weighted by Crippen LogP contribution is -2.13. The number of nitrogens with one attached hydrogen (secondary N) is 2. The molecular formula is C20H17F2N3O2. The number of pyridine rings is 1. The zero-order chi connectivity index (χ0) is 19.2. The fourth-order valence-corrected chi connectivity index (χ4v) is 2.44. The summed E-state index contributed by atoms with van der Waals surface area (Å²) in [5.41, 5.74) is 1.76. The molecule has 1 heterocycles. The highest BCUT2D eigenvalue weighted by Crippen LogP contribution is 2.19. The van der Waals surface area contributed by atoms with Crippen molar-refractivity contribution in [2.75, 3.05) is 17.7 Å². The number of methoxy groups -OCH3 is 1. The number of halogens is 2. The molecule has 0 unspecified atom stereocenters. The molecule has 2 N–H and O–H groups in total. The van der Waals surface area contributed by atoms with Gasteiger partial charge in [0.15, 0.2) is 11.6 Å². The van der Waals surface area contributed by atoms with E-state index in [2.05, 4.69) is 15.6 Å². The van der Waals surface area contributed by atoms with E-state index in [-0.39, 0.29) is 5.56 Å². The first-order chi connectivity index (χ1) is 13.1. The van der Waals surface area contributed by atoms with Crippen LogP contribution in [0.1, 0.15) is 15.9 Å². The molecular weight excluding hydrogens is 352 g/mol. The smallest absolute Gasteiger partial charge is 0.256 e. The van der Waals surface area contributed by atoms with Crippen molar-refractivity contribution in [3.05, 3.63) is 83.6 Å². The summed E-state index contributed by atoms with van der Waals surface area (Å²) in [6.45, 7) is 0.548. The third kappa shape index (κ3) is 4.58. The van der Waals surface area contributed by atoms with Gasteiger partial charge in [-0.2, -0.15) is 0 Å². The van der Waals surface area contributed by atoms with E-state index in [1.807, 2.05) is 24.3 Å². The summed E-state index contributed by atoms with van der Waals surface area (Å²) < 4.78 is 31.5. The van der Waals surface area contributed by atoms with Crippen LogP contribution in [-0.4, -0.2) is 18.0 Å². The van der Waals surface area contributed by atoms with Gasteiger partial charge in [-0.25, -0.2) is 13.8 Å². The Hall–Kier alpha value is -3.48. The van der Waals surface area contributed by atoms with Gasteiger partial charge in [-0.1, -0.05) is 18.2 Å². The summed E-state index contributed by atoms with van der Waals surface area (Å²) in [6, 6.07) is 14.0. The molecule has 3 aromatic rings. The van der Waals surface area contributed by atoms with Gasteiger partial charge in [-0.3, -0.25) is 4.79 Å². The number of amides is 1. The number of rotatable bonds is 6. The molecule has 138 valence electrons. The summed E-state index contributed by atoms with van der Waals surface area (Å²) >= 11 is 0. The lowest BCUT2D eigenvalue weighted by atomic mass is 10.2. The van der Waals surface area contributed by atoms with Gasteiger partial charge in [0.1, 0.15) is 11.6 Å². The Bertz CT molecular complexity index is 946. The molecule has 1 aromatic heterocycles. The number of para-hydroxylation sites is 1. The zero-order valence-electron chi connectivity index (χ0n) is 14.5. The molecule has 5 nitrogen and oxygen atoms in total. The first-order valence-electron chi connectivity index (χ1n) is 8.15. The summed E-state index contributed by atoms with van der Waals surface area (Å²) in [5.74, 6) is -1.57. The minimum atomic E-state index is -1.08. The number of carbonyl (C=O) groups excluding carboxylic acids is 1. The van der Waals surface area contributed by atoms with Gasteiger partial charge in [-0.15, -0.1) is 0 Å². The predicted octanol–water partition coefficient (Wildman–Crippen LogP) is 4.23. The molecule has 3 rings (SSSR count).